The van der Waals surface area contributed by atoms with Crippen molar-refractivity contribution >= 4 is 34.7 Å². The van der Waals surface area contributed by atoms with Gasteiger partial charge >= 0.3 is 0 Å². The van der Waals surface area contributed by atoms with Crippen LogP contribution >= 0.6 is 11.6 Å². The van der Waals surface area contributed by atoms with Crippen molar-refractivity contribution in [2.24, 2.45) is 0 Å². The fourth-order valence-corrected chi connectivity index (χ4v) is 4.54. The zero-order valence-corrected chi connectivity index (χ0v) is 21.8. The summed E-state index contributed by atoms with van der Waals surface area (Å²) in [6.07, 6.45) is 0.819. The Balaban J connectivity index is 1.96. The summed E-state index contributed by atoms with van der Waals surface area (Å²) in [4.78, 5) is 28.4. The second-order valence-corrected chi connectivity index (χ2v) is 9.03. The van der Waals surface area contributed by atoms with Crippen LogP contribution in [0.2, 0.25) is 5.02 Å². The number of aliphatic hydroxyl groups excluding tert-OH is 1. The molecule has 3 aromatic rings. The van der Waals surface area contributed by atoms with Gasteiger partial charge < -0.3 is 19.3 Å². The van der Waals surface area contributed by atoms with Crippen LogP contribution in [0.1, 0.15) is 36.1 Å². The van der Waals surface area contributed by atoms with E-state index in [0.717, 1.165) is 12.0 Å². The van der Waals surface area contributed by atoms with E-state index in [1.807, 2.05) is 13.8 Å². The molecule has 1 saturated heterocycles. The maximum atomic E-state index is 13.5. The van der Waals surface area contributed by atoms with E-state index in [1.165, 1.54) is 19.1 Å². The Morgan fingerprint density at radius 2 is 1.76 bits per heavy atom. The van der Waals surface area contributed by atoms with Crippen LogP contribution in [-0.2, 0) is 9.59 Å². The number of hydrogen-bond donors (Lipinski definition) is 1. The second-order valence-electron chi connectivity index (χ2n) is 8.59. The lowest BCUT2D eigenvalue weighted by Crippen LogP contribution is -2.30. The van der Waals surface area contributed by atoms with Crippen molar-refractivity contribution in [1.29, 1.82) is 0 Å². The van der Waals surface area contributed by atoms with Crippen molar-refractivity contribution in [2.45, 2.75) is 26.3 Å². The Kier molecular flexibility index (Phi) is 7.74. The largest absolute Gasteiger partial charge is 0.507 e. The number of aliphatic hydroxyl groups is 1. The van der Waals surface area contributed by atoms with Crippen molar-refractivity contribution in [1.82, 2.24) is 0 Å². The zero-order chi connectivity index (χ0) is 26.7. The smallest absolute Gasteiger partial charge is 0.300 e. The number of amides is 1. The normalized spacial score (nSPS) is 16.7. The van der Waals surface area contributed by atoms with Crippen molar-refractivity contribution in [3.8, 4) is 17.2 Å². The van der Waals surface area contributed by atoms with Crippen LogP contribution in [0.25, 0.3) is 5.76 Å². The maximum absolute atomic E-state index is 13.5. The third kappa shape index (κ3) is 5.00. The van der Waals surface area contributed by atoms with Crippen molar-refractivity contribution in [3.05, 3.63) is 87.9 Å². The van der Waals surface area contributed by atoms with Crippen LogP contribution in [0.4, 0.5) is 5.69 Å². The first-order valence-electron chi connectivity index (χ1n) is 11.8. The van der Waals surface area contributed by atoms with Gasteiger partial charge in [-0.05, 0) is 60.9 Å². The molecular formula is C29H28ClNO6. The first-order chi connectivity index (χ1) is 17.8. The van der Waals surface area contributed by atoms with Gasteiger partial charge in [0, 0.05) is 16.3 Å². The van der Waals surface area contributed by atoms with Gasteiger partial charge in [0.05, 0.1) is 32.4 Å². The highest BCUT2D eigenvalue weighted by molar-refractivity contribution is 6.52. The summed E-state index contributed by atoms with van der Waals surface area (Å²) in [5.74, 6) is -0.427. The number of aryl methyl sites for hydroxylation is 1. The number of carbonyl (C=O) groups excluding carboxylic acids is 2. The molecule has 1 heterocycles. The van der Waals surface area contributed by atoms with E-state index in [2.05, 4.69) is 0 Å². The number of benzene rings is 3. The summed E-state index contributed by atoms with van der Waals surface area (Å²) < 4.78 is 16.5. The third-order valence-corrected chi connectivity index (χ3v) is 6.41. The van der Waals surface area contributed by atoms with Gasteiger partial charge in [0.25, 0.3) is 11.7 Å². The van der Waals surface area contributed by atoms with Crippen LogP contribution in [0.3, 0.4) is 0 Å². The minimum atomic E-state index is -0.947. The third-order valence-electron chi connectivity index (χ3n) is 6.18. The lowest BCUT2D eigenvalue weighted by molar-refractivity contribution is -0.132. The number of ether oxygens (including phenoxy) is 3. The molecule has 0 bridgehead atoms. The highest BCUT2D eigenvalue weighted by atomic mass is 35.5. The second kappa shape index (κ2) is 11.0. The number of hydrogen-bond acceptors (Lipinski definition) is 6. The minimum Gasteiger partial charge on any atom is -0.507 e. The Morgan fingerprint density at radius 1 is 1.00 bits per heavy atom. The predicted molar refractivity (Wildman–Crippen MR) is 143 cm³/mol. The molecule has 7 nitrogen and oxygen atoms in total. The van der Waals surface area contributed by atoms with Crippen molar-refractivity contribution in [3.63, 3.8) is 0 Å². The number of halogens is 1. The number of Topliss-reactive ketones (excluding diaryl/α,β-unsaturated/α-hetero) is 1. The molecule has 37 heavy (non-hydrogen) atoms. The van der Waals surface area contributed by atoms with Gasteiger partial charge in [-0.2, -0.15) is 0 Å². The molecule has 0 spiro atoms. The van der Waals surface area contributed by atoms with E-state index in [9.17, 15) is 14.7 Å². The van der Waals surface area contributed by atoms with E-state index in [-0.39, 0.29) is 11.3 Å². The molecule has 1 atom stereocenters. The van der Waals surface area contributed by atoms with Crippen molar-refractivity contribution < 1.29 is 28.9 Å². The summed E-state index contributed by atoms with van der Waals surface area (Å²) in [5.41, 5.74) is 2.07. The molecule has 1 aliphatic rings. The van der Waals surface area contributed by atoms with Crippen LogP contribution in [-0.4, -0.2) is 37.6 Å². The molecule has 0 aromatic heterocycles. The minimum absolute atomic E-state index is 0.0516. The Bertz CT molecular complexity index is 1380. The fraction of sp³-hybridized carbons (Fsp3) is 0.241. The standard InChI is InChI=1S/C29H28ClNO6/c1-5-13-37-21-8-6-7-19(14-21)27(32)25-26(18-10-12-23(35-3)24(15-18)36-4)31(29(34)28(25)33)22-16-20(30)11-9-17(22)2/h6-12,14-16,26,32H,5,13H2,1-4H3/b27-25+. The molecular weight excluding hydrogens is 494 g/mol. The summed E-state index contributed by atoms with van der Waals surface area (Å²) in [6.45, 7) is 4.33. The van der Waals surface area contributed by atoms with E-state index in [1.54, 1.807) is 60.7 Å². The monoisotopic (exact) mass is 521 g/mol. The van der Waals surface area contributed by atoms with Gasteiger partial charge in [0.15, 0.2) is 11.5 Å². The number of rotatable bonds is 8. The number of ketones is 1. The Morgan fingerprint density at radius 3 is 2.46 bits per heavy atom. The molecule has 0 radical (unpaired) electrons. The molecule has 0 saturated carbocycles. The van der Waals surface area contributed by atoms with Crippen LogP contribution in [0, 0.1) is 6.92 Å². The Labute approximate surface area is 220 Å². The fourth-order valence-electron chi connectivity index (χ4n) is 4.37. The van der Waals surface area contributed by atoms with E-state index in [0.29, 0.717) is 45.7 Å². The van der Waals surface area contributed by atoms with Crippen LogP contribution < -0.4 is 19.1 Å². The molecule has 3 aromatic carbocycles. The highest BCUT2D eigenvalue weighted by Gasteiger charge is 2.47. The molecule has 1 fully saturated rings. The quantitative estimate of drug-likeness (QED) is 0.220. The average Bonchev–Trinajstić information content (AvgIpc) is 3.18. The first-order valence-corrected chi connectivity index (χ1v) is 12.2. The molecule has 1 amide bonds. The molecule has 1 unspecified atom stereocenters. The number of anilines is 1. The molecule has 1 aliphatic heterocycles. The van der Waals surface area contributed by atoms with Crippen LogP contribution in [0.5, 0.6) is 17.2 Å². The number of methoxy groups -OCH3 is 2. The van der Waals surface area contributed by atoms with Crippen LogP contribution in [0.15, 0.2) is 66.2 Å². The maximum Gasteiger partial charge on any atom is 0.300 e. The SMILES string of the molecule is CCCOc1cccc(/C(O)=C2\C(=O)C(=O)N(c3cc(Cl)ccc3C)C2c2ccc(OC)c(OC)c2)c1. The topological polar surface area (TPSA) is 85.3 Å². The van der Waals surface area contributed by atoms with Crippen molar-refractivity contribution in [2.75, 3.05) is 25.7 Å². The lowest BCUT2D eigenvalue weighted by atomic mass is 9.94. The lowest BCUT2D eigenvalue weighted by Gasteiger charge is -2.27. The van der Waals surface area contributed by atoms with Gasteiger partial charge in [-0.1, -0.05) is 42.8 Å². The van der Waals surface area contributed by atoms with Gasteiger partial charge in [-0.25, -0.2) is 0 Å². The van der Waals surface area contributed by atoms with E-state index >= 15 is 0 Å². The molecule has 1 N–H and O–H groups in total. The predicted octanol–water partition coefficient (Wildman–Crippen LogP) is 6.08. The van der Waals surface area contributed by atoms with E-state index < -0.39 is 17.7 Å². The van der Waals surface area contributed by atoms with Gasteiger partial charge in [0.1, 0.15) is 11.5 Å². The highest BCUT2D eigenvalue weighted by Crippen LogP contribution is 2.45. The molecule has 4 rings (SSSR count). The van der Waals surface area contributed by atoms with Gasteiger partial charge in [-0.3, -0.25) is 14.5 Å². The molecule has 0 aliphatic carbocycles. The summed E-state index contributed by atoms with van der Waals surface area (Å²) in [5, 5.41) is 11.9. The van der Waals surface area contributed by atoms with Gasteiger partial charge in [0.2, 0.25) is 0 Å². The van der Waals surface area contributed by atoms with E-state index in [4.69, 9.17) is 25.8 Å². The number of nitrogens with zero attached hydrogens (tertiary/aromatic N) is 1. The molecule has 8 heteroatoms. The average molecular weight is 522 g/mol. The van der Waals surface area contributed by atoms with Gasteiger partial charge in [-0.15, -0.1) is 0 Å². The Hall–Kier alpha value is -3.97. The summed E-state index contributed by atoms with van der Waals surface area (Å²) in [6, 6.07) is 16.1. The summed E-state index contributed by atoms with van der Waals surface area (Å²) >= 11 is 6.28. The zero-order valence-electron chi connectivity index (χ0n) is 21.1. The molecule has 192 valence electrons. The number of carbonyl (C=O) groups is 2. The first kappa shape index (κ1) is 26.1. The summed E-state index contributed by atoms with van der Waals surface area (Å²) in [7, 11) is 3.02.